The van der Waals surface area contributed by atoms with Gasteiger partial charge >= 0.3 is 5.97 Å². The molecule has 0 aliphatic heterocycles. The number of hydrogen-bond donors (Lipinski definition) is 1. The highest BCUT2D eigenvalue weighted by molar-refractivity contribution is 6.30. The molecular weight excluding hydrogens is 316 g/mol. The third-order valence-corrected chi connectivity index (χ3v) is 3.50. The molecule has 0 radical (unpaired) electrons. The fourth-order valence-corrected chi connectivity index (χ4v) is 2.26. The Labute approximate surface area is 139 Å². The van der Waals surface area contributed by atoms with E-state index >= 15 is 0 Å². The third kappa shape index (κ3) is 4.53. The van der Waals surface area contributed by atoms with Crippen LogP contribution < -0.4 is 5.32 Å². The van der Waals surface area contributed by atoms with Crippen LogP contribution in [-0.4, -0.2) is 23.5 Å². The predicted molar refractivity (Wildman–Crippen MR) is 88.7 cm³/mol. The molecule has 0 aliphatic carbocycles. The second-order valence-corrected chi connectivity index (χ2v) is 5.38. The number of benzene rings is 1. The van der Waals surface area contributed by atoms with Gasteiger partial charge in [-0.05, 0) is 36.6 Å². The van der Waals surface area contributed by atoms with Gasteiger partial charge in [0.2, 0.25) is 0 Å². The van der Waals surface area contributed by atoms with Gasteiger partial charge in [0.1, 0.15) is 5.69 Å². The molecule has 1 amide bonds. The molecule has 2 rings (SSSR count). The molecule has 0 saturated carbocycles. The van der Waals surface area contributed by atoms with E-state index in [0.717, 1.165) is 23.2 Å². The van der Waals surface area contributed by atoms with Gasteiger partial charge in [0.15, 0.2) is 6.61 Å². The molecule has 0 saturated heterocycles. The number of pyridine rings is 1. The van der Waals surface area contributed by atoms with Gasteiger partial charge < -0.3 is 10.1 Å². The van der Waals surface area contributed by atoms with Crippen molar-refractivity contribution in [2.24, 2.45) is 0 Å². The van der Waals surface area contributed by atoms with Gasteiger partial charge in [-0.1, -0.05) is 36.7 Å². The quantitative estimate of drug-likeness (QED) is 0.852. The topological polar surface area (TPSA) is 68.3 Å². The van der Waals surface area contributed by atoms with Crippen LogP contribution >= 0.6 is 11.6 Å². The second-order valence-electron chi connectivity index (χ2n) is 4.95. The summed E-state index contributed by atoms with van der Waals surface area (Å²) in [5, 5.41) is 3.16. The van der Waals surface area contributed by atoms with Crippen LogP contribution in [0.1, 0.15) is 28.5 Å². The van der Waals surface area contributed by atoms with E-state index in [9.17, 15) is 9.59 Å². The molecule has 5 nitrogen and oxygen atoms in total. The average Bonchev–Trinajstić information content (AvgIpc) is 2.54. The van der Waals surface area contributed by atoms with E-state index in [2.05, 4.69) is 10.3 Å². The lowest BCUT2D eigenvalue weighted by atomic mass is 10.1. The third-order valence-electron chi connectivity index (χ3n) is 3.27. The first-order chi connectivity index (χ1) is 11.0. The first kappa shape index (κ1) is 17.0. The van der Waals surface area contributed by atoms with E-state index in [1.807, 2.05) is 32.0 Å². The number of halogens is 1. The molecule has 23 heavy (non-hydrogen) atoms. The molecule has 1 aromatic carbocycles. The fourth-order valence-electron chi connectivity index (χ4n) is 2.10. The fraction of sp³-hybridized carbons (Fsp3) is 0.235. The van der Waals surface area contributed by atoms with Crippen LogP contribution in [0.3, 0.4) is 0 Å². The minimum Gasteiger partial charge on any atom is -0.451 e. The molecule has 0 fully saturated rings. The molecule has 6 heteroatoms. The molecule has 1 aromatic heterocycles. The van der Waals surface area contributed by atoms with Crippen LogP contribution in [0, 0.1) is 6.92 Å². The van der Waals surface area contributed by atoms with Crippen molar-refractivity contribution < 1.29 is 14.3 Å². The summed E-state index contributed by atoms with van der Waals surface area (Å²) in [7, 11) is 0. The summed E-state index contributed by atoms with van der Waals surface area (Å²) in [6.45, 7) is 3.54. The van der Waals surface area contributed by atoms with Gasteiger partial charge in [-0.15, -0.1) is 0 Å². The Morgan fingerprint density at radius 3 is 2.78 bits per heavy atom. The number of nitrogens with one attached hydrogen (secondary N) is 1. The Morgan fingerprint density at radius 2 is 2.09 bits per heavy atom. The summed E-state index contributed by atoms with van der Waals surface area (Å²) in [6.07, 6.45) is 2.20. The number of rotatable bonds is 5. The molecule has 0 bridgehead atoms. The normalized spacial score (nSPS) is 10.2. The van der Waals surface area contributed by atoms with Crippen LogP contribution in [0.15, 0.2) is 36.5 Å². The number of hydrogen-bond acceptors (Lipinski definition) is 4. The summed E-state index contributed by atoms with van der Waals surface area (Å²) < 4.78 is 4.96. The molecule has 0 atom stereocenters. The number of para-hydroxylation sites is 1. The zero-order valence-electron chi connectivity index (χ0n) is 12.9. The molecule has 1 N–H and O–H groups in total. The minimum absolute atomic E-state index is 0.0652. The van der Waals surface area contributed by atoms with E-state index in [1.54, 1.807) is 6.07 Å². The van der Waals surface area contributed by atoms with Crippen LogP contribution in [-0.2, 0) is 16.0 Å². The number of anilines is 1. The van der Waals surface area contributed by atoms with Crippen LogP contribution in [0.25, 0.3) is 0 Å². The molecule has 0 aliphatic rings. The second kappa shape index (κ2) is 7.74. The number of ether oxygens (including phenoxy) is 1. The van der Waals surface area contributed by atoms with Gasteiger partial charge in [0.05, 0.1) is 0 Å². The number of esters is 1. The minimum atomic E-state index is -0.692. The Balaban J connectivity index is 1.97. The number of aryl methyl sites for hydroxylation is 2. The Kier molecular flexibility index (Phi) is 5.71. The molecule has 0 unspecified atom stereocenters. The van der Waals surface area contributed by atoms with Crippen molar-refractivity contribution in [3.8, 4) is 0 Å². The highest BCUT2D eigenvalue weighted by Crippen LogP contribution is 2.20. The van der Waals surface area contributed by atoms with E-state index in [-0.39, 0.29) is 12.3 Å². The van der Waals surface area contributed by atoms with Crippen molar-refractivity contribution in [1.82, 2.24) is 4.98 Å². The largest absolute Gasteiger partial charge is 0.451 e. The zero-order valence-corrected chi connectivity index (χ0v) is 13.7. The monoisotopic (exact) mass is 332 g/mol. The Morgan fingerprint density at radius 1 is 1.30 bits per heavy atom. The maximum absolute atomic E-state index is 12.0. The molecule has 120 valence electrons. The van der Waals surface area contributed by atoms with Crippen LogP contribution in [0.5, 0.6) is 0 Å². The number of nitrogens with zero attached hydrogens (tertiary/aromatic N) is 1. The summed E-state index contributed by atoms with van der Waals surface area (Å²) in [5.41, 5.74) is 2.81. The van der Waals surface area contributed by atoms with Crippen molar-refractivity contribution >= 4 is 29.2 Å². The van der Waals surface area contributed by atoms with Crippen molar-refractivity contribution in [2.75, 3.05) is 11.9 Å². The predicted octanol–water partition coefficient (Wildman–Crippen LogP) is 3.40. The summed E-state index contributed by atoms with van der Waals surface area (Å²) in [5.74, 6) is -1.09. The van der Waals surface area contributed by atoms with Crippen LogP contribution in [0.4, 0.5) is 5.69 Å². The van der Waals surface area contributed by atoms with E-state index in [4.69, 9.17) is 16.3 Å². The Hall–Kier alpha value is -2.40. The number of carbonyl (C=O) groups excluding carboxylic acids is 2. The molecule has 0 spiro atoms. The smallest absolute Gasteiger partial charge is 0.357 e. The first-order valence-electron chi connectivity index (χ1n) is 7.18. The van der Waals surface area contributed by atoms with E-state index < -0.39 is 11.9 Å². The molecule has 1 heterocycles. The lowest BCUT2D eigenvalue weighted by Crippen LogP contribution is -2.22. The lowest BCUT2D eigenvalue weighted by molar-refractivity contribution is -0.119. The van der Waals surface area contributed by atoms with Crippen molar-refractivity contribution in [3.05, 3.63) is 58.4 Å². The van der Waals surface area contributed by atoms with Gasteiger partial charge in [0, 0.05) is 16.9 Å². The van der Waals surface area contributed by atoms with E-state index in [1.165, 1.54) is 12.3 Å². The zero-order chi connectivity index (χ0) is 16.8. The summed E-state index contributed by atoms with van der Waals surface area (Å²) in [6, 6.07) is 8.74. The van der Waals surface area contributed by atoms with Gasteiger partial charge in [0.25, 0.3) is 5.91 Å². The average molecular weight is 333 g/mol. The first-order valence-corrected chi connectivity index (χ1v) is 7.56. The number of amides is 1. The standard InChI is InChI=1S/C17H17ClN2O3/c1-3-12-6-4-5-11(2)16(12)20-15(21)10-23-17(22)14-9-13(18)7-8-19-14/h4-9H,3,10H2,1-2H3,(H,20,21). The molecular formula is C17H17ClN2O3. The molecule has 2 aromatic rings. The SMILES string of the molecule is CCc1cccc(C)c1NC(=O)COC(=O)c1cc(Cl)ccn1. The van der Waals surface area contributed by atoms with Crippen LogP contribution in [0.2, 0.25) is 5.02 Å². The van der Waals surface area contributed by atoms with Gasteiger partial charge in [-0.3, -0.25) is 4.79 Å². The number of aromatic nitrogens is 1. The van der Waals surface area contributed by atoms with Crippen molar-refractivity contribution in [1.29, 1.82) is 0 Å². The summed E-state index contributed by atoms with van der Waals surface area (Å²) >= 11 is 5.78. The highest BCUT2D eigenvalue weighted by Gasteiger charge is 2.13. The van der Waals surface area contributed by atoms with E-state index in [0.29, 0.717) is 5.02 Å². The van der Waals surface area contributed by atoms with Crippen molar-refractivity contribution in [2.45, 2.75) is 20.3 Å². The van der Waals surface area contributed by atoms with Gasteiger partial charge in [-0.2, -0.15) is 0 Å². The maximum atomic E-state index is 12.0. The summed E-state index contributed by atoms with van der Waals surface area (Å²) in [4.78, 5) is 27.7. The highest BCUT2D eigenvalue weighted by atomic mass is 35.5. The Bertz CT molecular complexity index is 732. The van der Waals surface area contributed by atoms with Crippen molar-refractivity contribution in [3.63, 3.8) is 0 Å². The lowest BCUT2D eigenvalue weighted by Gasteiger charge is -2.13. The number of carbonyl (C=O) groups is 2. The van der Waals surface area contributed by atoms with Gasteiger partial charge in [-0.25, -0.2) is 9.78 Å². The maximum Gasteiger partial charge on any atom is 0.357 e.